The molecule has 6 nitrogen and oxygen atoms in total. The number of ether oxygens (including phenoxy) is 1. The minimum Gasteiger partial charge on any atom is -0.385 e. The van der Waals surface area contributed by atoms with E-state index in [1.807, 2.05) is 7.05 Å². The summed E-state index contributed by atoms with van der Waals surface area (Å²) in [6.45, 7) is 5.82. The molecule has 0 aromatic carbocycles. The molecule has 0 saturated carbocycles. The Kier molecular flexibility index (Phi) is 12.6. The number of methoxy groups -OCH3 is 1. The van der Waals surface area contributed by atoms with Gasteiger partial charge in [0.2, 0.25) is 0 Å². The monoisotopic (exact) mass is 287 g/mol. The highest BCUT2D eigenvalue weighted by atomic mass is 16.5. The van der Waals surface area contributed by atoms with Crippen LogP contribution in [-0.2, 0) is 4.74 Å². The molecule has 0 aromatic heterocycles. The second kappa shape index (κ2) is 13.1. The summed E-state index contributed by atoms with van der Waals surface area (Å²) < 4.78 is 5.05. The van der Waals surface area contributed by atoms with E-state index < -0.39 is 0 Å². The lowest BCUT2D eigenvalue weighted by atomic mass is 10.4. The maximum absolute atomic E-state index is 5.05. The first-order chi connectivity index (χ1) is 9.60. The van der Waals surface area contributed by atoms with Gasteiger partial charge < -0.3 is 25.2 Å². The van der Waals surface area contributed by atoms with Gasteiger partial charge in [0.1, 0.15) is 0 Å². The molecule has 0 aromatic rings. The number of aliphatic imine (C=N–C) groups is 1. The topological polar surface area (TPSA) is 52.1 Å². The van der Waals surface area contributed by atoms with Gasteiger partial charge in [-0.1, -0.05) is 0 Å². The maximum atomic E-state index is 5.05. The molecule has 0 aliphatic carbocycles. The number of rotatable bonds is 11. The first-order valence-corrected chi connectivity index (χ1v) is 7.37. The van der Waals surface area contributed by atoms with Crippen LogP contribution in [0.3, 0.4) is 0 Å². The van der Waals surface area contributed by atoms with Crippen LogP contribution in [0.5, 0.6) is 0 Å². The van der Waals surface area contributed by atoms with Gasteiger partial charge in [-0.05, 0) is 40.5 Å². The summed E-state index contributed by atoms with van der Waals surface area (Å²) >= 11 is 0. The summed E-state index contributed by atoms with van der Waals surface area (Å²) in [6.07, 6.45) is 2.19. The highest BCUT2D eigenvalue weighted by Gasteiger charge is 2.00. The summed E-state index contributed by atoms with van der Waals surface area (Å²) in [5, 5.41) is 6.66. The zero-order valence-corrected chi connectivity index (χ0v) is 13.9. The first-order valence-electron chi connectivity index (χ1n) is 7.37. The largest absolute Gasteiger partial charge is 0.385 e. The van der Waals surface area contributed by atoms with Crippen LogP contribution in [0, 0.1) is 0 Å². The minimum atomic E-state index is 0.826. The van der Waals surface area contributed by atoms with E-state index >= 15 is 0 Å². The molecule has 0 radical (unpaired) electrons. The Bertz CT molecular complexity index is 246. The van der Waals surface area contributed by atoms with E-state index in [1.165, 1.54) is 0 Å². The Labute approximate surface area is 124 Å². The molecule has 2 N–H and O–H groups in total. The smallest absolute Gasteiger partial charge is 0.191 e. The third-order valence-corrected chi connectivity index (χ3v) is 2.97. The zero-order chi connectivity index (χ0) is 15.2. The van der Waals surface area contributed by atoms with Gasteiger partial charge in [-0.25, -0.2) is 0 Å². The normalized spacial score (nSPS) is 12.2. The van der Waals surface area contributed by atoms with Crippen molar-refractivity contribution < 1.29 is 4.74 Å². The van der Waals surface area contributed by atoms with Crippen molar-refractivity contribution in [3.05, 3.63) is 0 Å². The Balaban J connectivity index is 3.59. The van der Waals surface area contributed by atoms with Gasteiger partial charge in [-0.15, -0.1) is 0 Å². The summed E-state index contributed by atoms with van der Waals surface area (Å²) in [5.74, 6) is 0.883. The van der Waals surface area contributed by atoms with Crippen molar-refractivity contribution in [1.82, 2.24) is 20.4 Å². The highest BCUT2D eigenvalue weighted by molar-refractivity contribution is 5.79. The predicted molar refractivity (Wildman–Crippen MR) is 86.5 cm³/mol. The van der Waals surface area contributed by atoms with Gasteiger partial charge in [0, 0.05) is 46.9 Å². The molecule has 0 bridgehead atoms. The average molecular weight is 287 g/mol. The number of guanidine groups is 1. The Morgan fingerprint density at radius 2 is 1.70 bits per heavy atom. The Morgan fingerprint density at radius 3 is 2.30 bits per heavy atom. The Hall–Kier alpha value is -0.850. The fraction of sp³-hybridized carbons (Fsp3) is 0.929. The Morgan fingerprint density at radius 1 is 1.00 bits per heavy atom. The summed E-state index contributed by atoms with van der Waals surface area (Å²) in [5.41, 5.74) is 0. The van der Waals surface area contributed by atoms with Gasteiger partial charge in [0.05, 0.1) is 0 Å². The van der Waals surface area contributed by atoms with Gasteiger partial charge in [0.15, 0.2) is 5.96 Å². The standard InChI is InChI=1S/C14H33N5O/c1-15-14(16-8-6-10-18(2)3)17-9-12-19(4)11-7-13-20-5/h6-13H2,1-5H3,(H2,15,16,17). The average Bonchev–Trinajstić information content (AvgIpc) is 2.41. The SMILES string of the molecule is CN=C(NCCCN(C)C)NCCN(C)CCCOC. The van der Waals surface area contributed by atoms with Crippen LogP contribution in [0.1, 0.15) is 12.8 Å². The first kappa shape index (κ1) is 19.1. The third-order valence-electron chi connectivity index (χ3n) is 2.97. The van der Waals surface area contributed by atoms with Crippen LogP contribution in [0.2, 0.25) is 0 Å². The van der Waals surface area contributed by atoms with Crippen LogP contribution < -0.4 is 10.6 Å². The molecule has 0 aliphatic rings. The molecule has 0 aliphatic heterocycles. The number of hydrogen-bond donors (Lipinski definition) is 2. The molecule has 0 rings (SSSR count). The van der Waals surface area contributed by atoms with Crippen LogP contribution in [0.25, 0.3) is 0 Å². The van der Waals surface area contributed by atoms with E-state index in [9.17, 15) is 0 Å². The molecule has 0 unspecified atom stereocenters. The van der Waals surface area contributed by atoms with Gasteiger partial charge in [-0.3, -0.25) is 4.99 Å². The lowest BCUT2D eigenvalue weighted by Gasteiger charge is -2.18. The molecule has 0 fully saturated rings. The number of nitrogens with one attached hydrogen (secondary N) is 2. The predicted octanol–water partition coefficient (Wildman–Crippen LogP) is 0.0714. The maximum Gasteiger partial charge on any atom is 0.191 e. The van der Waals surface area contributed by atoms with Crippen molar-refractivity contribution in [2.75, 3.05) is 74.6 Å². The van der Waals surface area contributed by atoms with E-state index in [1.54, 1.807) is 7.11 Å². The summed E-state index contributed by atoms with van der Waals surface area (Å²) in [6, 6.07) is 0. The fourth-order valence-electron chi connectivity index (χ4n) is 1.78. The molecule has 0 atom stereocenters. The van der Waals surface area contributed by atoms with Crippen molar-refractivity contribution in [2.45, 2.75) is 12.8 Å². The van der Waals surface area contributed by atoms with E-state index in [0.29, 0.717) is 0 Å². The van der Waals surface area contributed by atoms with Crippen molar-refractivity contribution in [3.8, 4) is 0 Å². The zero-order valence-electron chi connectivity index (χ0n) is 13.9. The van der Waals surface area contributed by atoms with E-state index in [0.717, 1.165) is 58.1 Å². The molecule has 6 heteroatoms. The summed E-state index contributed by atoms with van der Waals surface area (Å²) in [7, 11) is 9.86. The van der Waals surface area contributed by atoms with E-state index in [-0.39, 0.29) is 0 Å². The van der Waals surface area contributed by atoms with E-state index in [4.69, 9.17) is 4.74 Å². The number of nitrogens with zero attached hydrogens (tertiary/aromatic N) is 3. The molecule has 0 amide bonds. The molecule has 0 saturated heterocycles. The lowest BCUT2D eigenvalue weighted by Crippen LogP contribution is -2.41. The quantitative estimate of drug-likeness (QED) is 0.320. The molecule has 0 spiro atoms. The summed E-state index contributed by atoms with van der Waals surface area (Å²) in [4.78, 5) is 8.70. The lowest BCUT2D eigenvalue weighted by molar-refractivity contribution is 0.180. The van der Waals surface area contributed by atoms with Crippen LogP contribution in [0.15, 0.2) is 4.99 Å². The van der Waals surface area contributed by atoms with Crippen LogP contribution in [0.4, 0.5) is 0 Å². The number of hydrogen-bond acceptors (Lipinski definition) is 4. The van der Waals surface area contributed by atoms with Gasteiger partial charge >= 0.3 is 0 Å². The molecular formula is C14H33N5O. The molecule has 0 heterocycles. The second-order valence-corrected chi connectivity index (χ2v) is 5.23. The molecule has 20 heavy (non-hydrogen) atoms. The molecular weight excluding hydrogens is 254 g/mol. The van der Waals surface area contributed by atoms with Crippen molar-refractivity contribution in [1.29, 1.82) is 0 Å². The van der Waals surface area contributed by atoms with Crippen LogP contribution >= 0.6 is 0 Å². The highest BCUT2D eigenvalue weighted by Crippen LogP contribution is 1.87. The van der Waals surface area contributed by atoms with Crippen molar-refractivity contribution in [2.24, 2.45) is 4.99 Å². The van der Waals surface area contributed by atoms with Gasteiger partial charge in [-0.2, -0.15) is 0 Å². The van der Waals surface area contributed by atoms with Gasteiger partial charge in [0.25, 0.3) is 0 Å². The minimum absolute atomic E-state index is 0.826. The third kappa shape index (κ3) is 12.2. The number of likely N-dealkylation sites (N-methyl/N-ethyl adjacent to an activating group) is 1. The fourth-order valence-corrected chi connectivity index (χ4v) is 1.78. The molecule has 120 valence electrons. The van der Waals surface area contributed by atoms with Crippen LogP contribution in [-0.4, -0.2) is 90.4 Å². The second-order valence-electron chi connectivity index (χ2n) is 5.23. The van der Waals surface area contributed by atoms with Crippen molar-refractivity contribution >= 4 is 5.96 Å². The van der Waals surface area contributed by atoms with Crippen molar-refractivity contribution in [3.63, 3.8) is 0 Å². The van der Waals surface area contributed by atoms with E-state index in [2.05, 4.69) is 46.6 Å².